The molecule has 0 radical (unpaired) electrons. The lowest BCUT2D eigenvalue weighted by atomic mass is 9.71. The molecule has 0 nitrogen and oxygen atoms in total. The Kier molecular flexibility index (Phi) is 7.77. The Morgan fingerprint density at radius 3 is 2.62 bits per heavy atom. The molecule has 0 bridgehead atoms. The van der Waals surface area contributed by atoms with Crippen LogP contribution < -0.4 is 0 Å². The molecular formula is C21H38. The molecule has 1 aliphatic carbocycles. The third-order valence-electron chi connectivity index (χ3n) is 5.39. The van der Waals surface area contributed by atoms with Crippen molar-refractivity contribution in [2.45, 2.75) is 99.3 Å². The van der Waals surface area contributed by atoms with Crippen LogP contribution in [0.25, 0.3) is 0 Å². The van der Waals surface area contributed by atoms with Gasteiger partial charge < -0.3 is 0 Å². The summed E-state index contributed by atoms with van der Waals surface area (Å²) in [6, 6.07) is 0. The maximum Gasteiger partial charge on any atom is -0.0142 e. The summed E-state index contributed by atoms with van der Waals surface area (Å²) >= 11 is 0. The van der Waals surface area contributed by atoms with Crippen molar-refractivity contribution in [1.82, 2.24) is 0 Å². The Labute approximate surface area is 134 Å². The van der Waals surface area contributed by atoms with Crippen LogP contribution in [0.1, 0.15) is 99.3 Å². The molecule has 0 aromatic heterocycles. The van der Waals surface area contributed by atoms with Crippen LogP contribution in [0.15, 0.2) is 22.8 Å². The topological polar surface area (TPSA) is 0 Å². The molecule has 1 aliphatic rings. The quantitative estimate of drug-likeness (QED) is 0.407. The van der Waals surface area contributed by atoms with Crippen LogP contribution in [0.3, 0.4) is 0 Å². The molecule has 0 aliphatic heterocycles. The predicted molar refractivity (Wildman–Crippen MR) is 96.6 cm³/mol. The molecule has 0 N–H and O–H groups in total. The van der Waals surface area contributed by atoms with Crippen LogP contribution in [0.4, 0.5) is 0 Å². The minimum absolute atomic E-state index is 0.443. The molecular weight excluding hydrogens is 252 g/mol. The van der Waals surface area contributed by atoms with Gasteiger partial charge in [-0.25, -0.2) is 0 Å². The van der Waals surface area contributed by atoms with E-state index in [2.05, 4.69) is 47.6 Å². The number of rotatable bonds is 8. The van der Waals surface area contributed by atoms with Crippen molar-refractivity contribution in [3.8, 4) is 0 Å². The number of hydrogen-bond acceptors (Lipinski definition) is 0. The van der Waals surface area contributed by atoms with E-state index >= 15 is 0 Å². The summed E-state index contributed by atoms with van der Waals surface area (Å²) in [5.41, 5.74) is 5.47. The van der Waals surface area contributed by atoms with E-state index in [1.807, 2.05) is 0 Å². The van der Waals surface area contributed by atoms with Crippen LogP contribution >= 0.6 is 0 Å². The second-order valence-corrected chi connectivity index (χ2v) is 8.02. The fraction of sp³-hybridized carbons (Fsp3) is 0.810. The second-order valence-electron chi connectivity index (χ2n) is 8.02. The molecule has 1 rings (SSSR count). The second kappa shape index (κ2) is 8.81. The van der Waals surface area contributed by atoms with Crippen molar-refractivity contribution in [3.63, 3.8) is 0 Å². The monoisotopic (exact) mass is 290 g/mol. The van der Waals surface area contributed by atoms with Crippen molar-refractivity contribution in [3.05, 3.63) is 22.8 Å². The zero-order chi connectivity index (χ0) is 15.9. The molecule has 0 aromatic rings. The van der Waals surface area contributed by atoms with E-state index in [-0.39, 0.29) is 0 Å². The van der Waals surface area contributed by atoms with E-state index in [0.717, 1.165) is 5.92 Å². The molecule has 21 heavy (non-hydrogen) atoms. The minimum atomic E-state index is 0.443. The average Bonchev–Trinajstić information content (AvgIpc) is 2.37. The zero-order valence-corrected chi connectivity index (χ0v) is 15.5. The summed E-state index contributed by atoms with van der Waals surface area (Å²) in [6.07, 6.45) is 14.5. The maximum atomic E-state index is 2.50. The summed E-state index contributed by atoms with van der Waals surface area (Å²) in [6.45, 7) is 14.3. The third-order valence-corrected chi connectivity index (χ3v) is 5.39. The zero-order valence-electron chi connectivity index (χ0n) is 15.5. The normalized spacial score (nSPS) is 20.8. The van der Waals surface area contributed by atoms with Crippen LogP contribution in [-0.2, 0) is 0 Å². The molecule has 0 aromatic carbocycles. The van der Waals surface area contributed by atoms with Crippen molar-refractivity contribution >= 4 is 0 Å². The van der Waals surface area contributed by atoms with Gasteiger partial charge in [0.1, 0.15) is 0 Å². The van der Waals surface area contributed by atoms with Gasteiger partial charge >= 0.3 is 0 Å². The van der Waals surface area contributed by atoms with Crippen molar-refractivity contribution in [1.29, 1.82) is 0 Å². The molecule has 0 heteroatoms. The van der Waals surface area contributed by atoms with Crippen LogP contribution in [0.5, 0.6) is 0 Å². The lowest BCUT2D eigenvalue weighted by molar-refractivity contribution is 0.354. The summed E-state index contributed by atoms with van der Waals surface area (Å²) in [5, 5.41) is 0. The van der Waals surface area contributed by atoms with Crippen molar-refractivity contribution in [2.75, 3.05) is 0 Å². The highest BCUT2D eigenvalue weighted by Gasteiger charge is 2.27. The summed E-state index contributed by atoms with van der Waals surface area (Å²) < 4.78 is 0. The molecule has 0 fully saturated rings. The van der Waals surface area contributed by atoms with Gasteiger partial charge in [0.05, 0.1) is 0 Å². The van der Waals surface area contributed by atoms with Crippen LogP contribution in [0, 0.1) is 11.3 Å². The number of allylic oxidation sites excluding steroid dienone is 4. The largest absolute Gasteiger partial charge is 0.0856 e. The average molecular weight is 291 g/mol. The first-order valence-electron chi connectivity index (χ1n) is 9.21. The summed E-state index contributed by atoms with van der Waals surface area (Å²) in [5.74, 6) is 0.890. The molecule has 0 saturated heterocycles. The van der Waals surface area contributed by atoms with Gasteiger partial charge in [-0.15, -0.1) is 0 Å². The maximum absolute atomic E-state index is 2.50. The van der Waals surface area contributed by atoms with E-state index < -0.39 is 0 Å². The fourth-order valence-electron chi connectivity index (χ4n) is 3.90. The Bertz CT molecular complexity index is 367. The lowest BCUT2D eigenvalue weighted by Crippen LogP contribution is -2.20. The van der Waals surface area contributed by atoms with E-state index in [4.69, 9.17) is 0 Å². The molecule has 0 heterocycles. The van der Waals surface area contributed by atoms with Crippen LogP contribution in [0.2, 0.25) is 0 Å². The Morgan fingerprint density at radius 2 is 2.00 bits per heavy atom. The molecule has 0 amide bonds. The van der Waals surface area contributed by atoms with Gasteiger partial charge in [-0.3, -0.25) is 0 Å². The SMILES string of the molecule is CCCC(C)CC/C=C(\C)CCC1=C(C)CCCC1(C)C. The lowest BCUT2D eigenvalue weighted by Gasteiger charge is -2.35. The summed E-state index contributed by atoms with van der Waals surface area (Å²) in [7, 11) is 0. The van der Waals surface area contributed by atoms with Gasteiger partial charge in [0.15, 0.2) is 0 Å². The highest BCUT2D eigenvalue weighted by Crippen LogP contribution is 2.42. The predicted octanol–water partition coefficient (Wildman–Crippen LogP) is 7.46. The van der Waals surface area contributed by atoms with Gasteiger partial charge in [-0.1, -0.05) is 63.3 Å². The van der Waals surface area contributed by atoms with Gasteiger partial charge in [0, 0.05) is 0 Å². The van der Waals surface area contributed by atoms with Gasteiger partial charge in [0.2, 0.25) is 0 Å². The highest BCUT2D eigenvalue weighted by molar-refractivity contribution is 5.23. The Morgan fingerprint density at radius 1 is 1.29 bits per heavy atom. The third kappa shape index (κ3) is 6.41. The van der Waals surface area contributed by atoms with E-state index in [0.29, 0.717) is 5.41 Å². The smallest absolute Gasteiger partial charge is 0.0142 e. The first-order valence-corrected chi connectivity index (χ1v) is 9.21. The van der Waals surface area contributed by atoms with Crippen molar-refractivity contribution < 1.29 is 0 Å². The van der Waals surface area contributed by atoms with Gasteiger partial charge in [-0.2, -0.15) is 0 Å². The van der Waals surface area contributed by atoms with Crippen LogP contribution in [-0.4, -0.2) is 0 Å². The Hall–Kier alpha value is -0.520. The molecule has 0 spiro atoms. The first-order chi connectivity index (χ1) is 9.86. The standard InChI is InChI=1S/C21H38/c1-7-10-17(2)11-8-12-18(3)14-15-20-19(4)13-9-16-21(20,5)6/h12,17H,7-11,13-16H2,1-6H3/b18-12+. The Balaban J connectivity index is 2.43. The summed E-state index contributed by atoms with van der Waals surface area (Å²) in [4.78, 5) is 0. The van der Waals surface area contributed by atoms with Crippen molar-refractivity contribution in [2.24, 2.45) is 11.3 Å². The molecule has 1 atom stereocenters. The molecule has 0 saturated carbocycles. The molecule has 122 valence electrons. The number of hydrogen-bond donors (Lipinski definition) is 0. The minimum Gasteiger partial charge on any atom is -0.0856 e. The van der Waals surface area contributed by atoms with Gasteiger partial charge in [-0.05, 0) is 70.1 Å². The van der Waals surface area contributed by atoms with E-state index in [1.165, 1.54) is 57.8 Å². The highest BCUT2D eigenvalue weighted by atomic mass is 14.3. The fourth-order valence-corrected chi connectivity index (χ4v) is 3.90. The van der Waals surface area contributed by atoms with Gasteiger partial charge in [0.25, 0.3) is 0 Å². The van der Waals surface area contributed by atoms with E-state index in [1.54, 1.807) is 16.7 Å². The molecule has 1 unspecified atom stereocenters. The van der Waals surface area contributed by atoms with E-state index in [9.17, 15) is 0 Å². The first kappa shape index (κ1) is 18.5.